The number of allylic oxidation sites excluding steroid dienone is 4. The van der Waals surface area contributed by atoms with Crippen molar-refractivity contribution in [2.24, 2.45) is 0 Å². The van der Waals surface area contributed by atoms with Gasteiger partial charge in [-0.1, -0.05) is 48.0 Å². The molecule has 0 fully saturated rings. The van der Waals surface area contributed by atoms with Crippen molar-refractivity contribution in [3.63, 3.8) is 0 Å². The van der Waals surface area contributed by atoms with Gasteiger partial charge in [0.05, 0.1) is 7.11 Å². The molecule has 0 saturated carbocycles. The molecule has 198 valence electrons. The molecule has 37 heavy (non-hydrogen) atoms. The first-order valence-corrected chi connectivity index (χ1v) is 11.5. The lowest BCUT2D eigenvalue weighted by atomic mass is 9.85. The molecule has 0 bridgehead atoms. The third-order valence-corrected chi connectivity index (χ3v) is 5.25. The minimum atomic E-state index is -0.373. The minimum absolute atomic E-state index is 0. The quantitative estimate of drug-likeness (QED) is 0.240. The van der Waals surface area contributed by atoms with Gasteiger partial charge in [0.2, 0.25) is 5.78 Å². The van der Waals surface area contributed by atoms with Crippen LogP contribution in [0.1, 0.15) is 11.5 Å². The largest absolute Gasteiger partial charge is 0.493 e. The van der Waals surface area contributed by atoms with Crippen molar-refractivity contribution in [2.45, 2.75) is 5.92 Å². The van der Waals surface area contributed by atoms with Crippen molar-refractivity contribution in [3.05, 3.63) is 101 Å². The van der Waals surface area contributed by atoms with E-state index in [1.165, 1.54) is 19.3 Å². The molecule has 0 N–H and O–H groups in total. The Kier molecular flexibility index (Phi) is 14.0. The number of ether oxygens (including phenoxy) is 3. The number of hydrogen-bond acceptors (Lipinski definition) is 7. The van der Waals surface area contributed by atoms with Crippen molar-refractivity contribution < 1.29 is 28.6 Å². The van der Waals surface area contributed by atoms with Gasteiger partial charge in [0.15, 0.2) is 18.1 Å². The van der Waals surface area contributed by atoms with Crippen LogP contribution in [-0.2, 0) is 23.9 Å². The van der Waals surface area contributed by atoms with E-state index in [0.29, 0.717) is 29.5 Å². The third kappa shape index (κ3) is 10.6. The topological polar surface area (TPSA) is 82.1 Å². The third-order valence-electron chi connectivity index (χ3n) is 5.00. The highest BCUT2D eigenvalue weighted by molar-refractivity contribution is 6.30. The van der Waals surface area contributed by atoms with Crippen LogP contribution in [0.25, 0.3) is 0 Å². The maximum atomic E-state index is 12.1. The molecule has 1 aliphatic rings. The van der Waals surface area contributed by atoms with Gasteiger partial charge in [-0.05, 0) is 50.0 Å². The standard InChI is InChI=1S/C16H14O3.C12H16ClNO3.ClH/c1-3-12(11-7-5-4-6-8-11)13-9-15(18)16(19-2)10-14(13)17;1-14(2)7-8-16-12(15)9-17-11-5-3-10(13)4-6-11;/h3-10,12H,1H2,2H3;3-6H,7-9H2,1-2H3;1H. The van der Waals surface area contributed by atoms with Crippen LogP contribution < -0.4 is 4.74 Å². The first-order chi connectivity index (χ1) is 17.2. The smallest absolute Gasteiger partial charge is 0.344 e. The number of hydrogen-bond donors (Lipinski definition) is 0. The first kappa shape index (κ1) is 31.6. The maximum Gasteiger partial charge on any atom is 0.344 e. The highest BCUT2D eigenvalue weighted by atomic mass is 35.5. The molecule has 2 aromatic rings. The zero-order valence-electron chi connectivity index (χ0n) is 21.0. The molecule has 2 aromatic carbocycles. The lowest BCUT2D eigenvalue weighted by molar-refractivity contribution is -0.146. The maximum absolute atomic E-state index is 12.1. The fourth-order valence-corrected chi connectivity index (χ4v) is 3.25. The van der Waals surface area contributed by atoms with Gasteiger partial charge in [-0.3, -0.25) is 9.59 Å². The summed E-state index contributed by atoms with van der Waals surface area (Å²) in [7, 11) is 5.20. The fraction of sp³-hybridized carbons (Fsp3) is 0.250. The SMILES string of the molecule is C=CC(C1=CC(=O)C(OC)=CC1=O)c1ccccc1.CN(C)CCOC(=O)COc1ccc(Cl)cc1.Cl. The van der Waals surface area contributed by atoms with Crippen molar-refractivity contribution >= 4 is 41.5 Å². The molecule has 0 radical (unpaired) electrons. The summed E-state index contributed by atoms with van der Waals surface area (Å²) in [6.45, 7) is 4.74. The Balaban J connectivity index is 0.000000363. The van der Waals surface area contributed by atoms with Crippen LogP contribution in [0.5, 0.6) is 5.75 Å². The number of carbonyl (C=O) groups is 3. The molecule has 3 rings (SSSR count). The van der Waals surface area contributed by atoms with Gasteiger partial charge in [-0.15, -0.1) is 19.0 Å². The molecule has 7 nitrogen and oxygen atoms in total. The molecule has 1 atom stereocenters. The Morgan fingerprint density at radius 2 is 1.68 bits per heavy atom. The average molecular weight is 548 g/mol. The molecular formula is C28H31Cl2NO6. The molecule has 1 aliphatic carbocycles. The van der Waals surface area contributed by atoms with E-state index in [1.807, 2.05) is 49.3 Å². The molecular weight excluding hydrogens is 517 g/mol. The number of nitrogens with zero attached hydrogens (tertiary/aromatic N) is 1. The molecule has 0 amide bonds. The predicted molar refractivity (Wildman–Crippen MR) is 146 cm³/mol. The Bertz CT molecular complexity index is 1110. The Labute approximate surface area is 228 Å². The Morgan fingerprint density at radius 1 is 1.03 bits per heavy atom. The van der Waals surface area contributed by atoms with E-state index >= 15 is 0 Å². The summed E-state index contributed by atoms with van der Waals surface area (Å²) in [6.07, 6.45) is 4.23. The molecule has 1 unspecified atom stereocenters. The van der Waals surface area contributed by atoms with E-state index in [1.54, 1.807) is 30.3 Å². The number of methoxy groups -OCH3 is 1. The van der Waals surface area contributed by atoms with Crippen molar-refractivity contribution in [1.82, 2.24) is 4.90 Å². The Hall–Kier alpha value is -3.39. The second-order valence-corrected chi connectivity index (χ2v) is 8.37. The van der Waals surface area contributed by atoms with Crippen molar-refractivity contribution in [1.29, 1.82) is 0 Å². The van der Waals surface area contributed by atoms with Crippen LogP contribution in [0.2, 0.25) is 5.02 Å². The van der Waals surface area contributed by atoms with E-state index in [4.69, 9.17) is 25.8 Å². The molecule has 0 spiro atoms. The van der Waals surface area contributed by atoms with Crippen LogP contribution in [0, 0.1) is 0 Å². The summed E-state index contributed by atoms with van der Waals surface area (Å²) in [5.74, 6) is -0.497. The highest BCUT2D eigenvalue weighted by Crippen LogP contribution is 2.29. The van der Waals surface area contributed by atoms with E-state index in [9.17, 15) is 14.4 Å². The van der Waals surface area contributed by atoms with Gasteiger partial charge < -0.3 is 19.1 Å². The molecule has 0 heterocycles. The van der Waals surface area contributed by atoms with Gasteiger partial charge in [-0.2, -0.15) is 0 Å². The number of benzene rings is 2. The Morgan fingerprint density at radius 3 is 2.24 bits per heavy atom. The molecule has 0 aliphatic heterocycles. The second-order valence-electron chi connectivity index (χ2n) is 7.93. The lowest BCUT2D eigenvalue weighted by Gasteiger charge is -2.18. The summed E-state index contributed by atoms with van der Waals surface area (Å²) < 4.78 is 15.1. The lowest BCUT2D eigenvalue weighted by Crippen LogP contribution is -2.22. The molecule has 9 heteroatoms. The van der Waals surface area contributed by atoms with Crippen molar-refractivity contribution in [3.8, 4) is 5.75 Å². The predicted octanol–water partition coefficient (Wildman–Crippen LogP) is 4.81. The van der Waals surface area contributed by atoms with E-state index in [-0.39, 0.29) is 48.2 Å². The fourth-order valence-electron chi connectivity index (χ4n) is 3.12. The minimum Gasteiger partial charge on any atom is -0.493 e. The average Bonchev–Trinajstić information content (AvgIpc) is 2.87. The van der Waals surface area contributed by atoms with Crippen LogP contribution >= 0.6 is 24.0 Å². The summed E-state index contributed by atoms with van der Waals surface area (Å²) in [5.41, 5.74) is 1.35. The van der Waals surface area contributed by atoms with Crippen molar-refractivity contribution in [2.75, 3.05) is 41.0 Å². The summed E-state index contributed by atoms with van der Waals surface area (Å²) in [6, 6.07) is 16.3. The van der Waals surface area contributed by atoms with Crippen LogP contribution in [-0.4, -0.2) is 63.4 Å². The van der Waals surface area contributed by atoms with E-state index in [2.05, 4.69) is 6.58 Å². The number of carbonyl (C=O) groups excluding carboxylic acids is 3. The first-order valence-electron chi connectivity index (χ1n) is 11.2. The van der Waals surface area contributed by atoms with Gasteiger partial charge in [-0.25, -0.2) is 4.79 Å². The van der Waals surface area contributed by atoms with E-state index in [0.717, 1.165) is 5.56 Å². The zero-order chi connectivity index (χ0) is 26.5. The van der Waals surface area contributed by atoms with Gasteiger partial charge in [0.25, 0.3) is 0 Å². The van der Waals surface area contributed by atoms with Crippen LogP contribution in [0.4, 0.5) is 0 Å². The number of ketones is 2. The number of halogens is 2. The number of esters is 1. The zero-order valence-corrected chi connectivity index (χ0v) is 22.6. The molecule has 0 saturated heterocycles. The summed E-state index contributed by atoms with van der Waals surface area (Å²) in [5, 5.41) is 0.630. The van der Waals surface area contributed by atoms with Crippen LogP contribution in [0.3, 0.4) is 0 Å². The number of likely N-dealkylation sites (N-methyl/N-ethyl adjacent to an activating group) is 1. The van der Waals surface area contributed by atoms with Gasteiger partial charge in [0.1, 0.15) is 12.4 Å². The van der Waals surface area contributed by atoms with Crippen LogP contribution in [0.15, 0.2) is 90.7 Å². The second kappa shape index (κ2) is 16.4. The highest BCUT2D eigenvalue weighted by Gasteiger charge is 2.26. The van der Waals surface area contributed by atoms with E-state index < -0.39 is 0 Å². The monoisotopic (exact) mass is 547 g/mol. The summed E-state index contributed by atoms with van der Waals surface area (Å²) >= 11 is 5.72. The molecule has 0 aromatic heterocycles. The summed E-state index contributed by atoms with van der Waals surface area (Å²) in [4.78, 5) is 37.0. The normalized spacial score (nSPS) is 13.2. The van der Waals surface area contributed by atoms with Gasteiger partial charge >= 0.3 is 5.97 Å². The van der Waals surface area contributed by atoms with Gasteiger partial charge in [0, 0.05) is 29.1 Å². The number of rotatable bonds is 10.